The first kappa shape index (κ1) is 16.4. The summed E-state index contributed by atoms with van der Waals surface area (Å²) in [7, 11) is -2.23. The second kappa shape index (κ2) is 6.00. The fourth-order valence-electron chi connectivity index (χ4n) is 2.88. The van der Waals surface area contributed by atoms with Crippen LogP contribution in [0.3, 0.4) is 0 Å². The zero-order valence-corrected chi connectivity index (χ0v) is 14.7. The number of sulfonamides is 1. The second-order valence-corrected chi connectivity index (χ2v) is 7.93. The van der Waals surface area contributed by atoms with E-state index in [1.807, 2.05) is 36.4 Å². The summed E-state index contributed by atoms with van der Waals surface area (Å²) < 4.78 is 32.3. The quantitative estimate of drug-likeness (QED) is 0.518. The summed E-state index contributed by atoms with van der Waals surface area (Å²) in [6.45, 7) is 0. The van der Waals surface area contributed by atoms with Gasteiger partial charge in [0.05, 0.1) is 10.6 Å². The van der Waals surface area contributed by atoms with E-state index in [0.717, 1.165) is 10.8 Å². The van der Waals surface area contributed by atoms with E-state index in [-0.39, 0.29) is 4.90 Å². The molecule has 0 bridgehead atoms. The Kier molecular flexibility index (Phi) is 3.77. The summed E-state index contributed by atoms with van der Waals surface area (Å²) in [5.74, 6) is 0. The van der Waals surface area contributed by atoms with Crippen LogP contribution in [0.4, 0.5) is 5.69 Å². The molecule has 0 N–H and O–H groups in total. The first-order chi connectivity index (χ1) is 12.4. The first-order valence-corrected chi connectivity index (χ1v) is 9.41. The van der Waals surface area contributed by atoms with E-state index in [1.165, 1.54) is 35.6 Å². The Balaban J connectivity index is 1.79. The molecule has 5 nitrogen and oxygen atoms in total. The molecule has 0 saturated carbocycles. The molecule has 0 spiro atoms. The molecule has 0 aliphatic rings. The molecule has 1 aromatic heterocycles. The van der Waals surface area contributed by atoms with Gasteiger partial charge in [0.2, 0.25) is 0 Å². The number of anilines is 1. The zero-order valence-electron chi connectivity index (χ0n) is 13.9. The molecule has 0 unspecified atom stereocenters. The normalized spacial score (nSPS) is 11.7. The SMILES string of the molecule is CN(c1ccc2ccccc2c1)S(=O)(=O)c1ccc2oc(=O)ccc2c1. The standard InChI is InChI=1S/C20H15NO4S/c1-21(17-8-6-14-4-2-3-5-15(14)12-17)26(23,24)18-9-10-19-16(13-18)7-11-20(22)25-19/h2-13H,1H3. The second-order valence-electron chi connectivity index (χ2n) is 5.96. The lowest BCUT2D eigenvalue weighted by molar-refractivity contribution is 0.560. The van der Waals surface area contributed by atoms with Gasteiger partial charge < -0.3 is 4.42 Å². The van der Waals surface area contributed by atoms with Gasteiger partial charge in [-0.2, -0.15) is 0 Å². The largest absolute Gasteiger partial charge is 0.423 e. The maximum absolute atomic E-state index is 13.0. The summed E-state index contributed by atoms with van der Waals surface area (Å²) in [4.78, 5) is 11.4. The van der Waals surface area contributed by atoms with Crippen molar-refractivity contribution in [1.82, 2.24) is 0 Å². The van der Waals surface area contributed by atoms with Crippen LogP contribution in [0.5, 0.6) is 0 Å². The van der Waals surface area contributed by atoms with E-state index < -0.39 is 15.6 Å². The van der Waals surface area contributed by atoms with Crippen molar-refractivity contribution in [2.45, 2.75) is 4.90 Å². The zero-order chi connectivity index (χ0) is 18.3. The minimum absolute atomic E-state index is 0.134. The number of hydrogen-bond acceptors (Lipinski definition) is 4. The summed E-state index contributed by atoms with van der Waals surface area (Å²) in [5, 5.41) is 2.56. The minimum Gasteiger partial charge on any atom is -0.423 e. The van der Waals surface area contributed by atoms with Gasteiger partial charge in [0, 0.05) is 18.5 Å². The van der Waals surface area contributed by atoms with Gasteiger partial charge in [-0.25, -0.2) is 13.2 Å². The Labute approximate surface area is 150 Å². The van der Waals surface area contributed by atoms with Gasteiger partial charge in [-0.1, -0.05) is 30.3 Å². The number of rotatable bonds is 3. The Morgan fingerprint density at radius 1 is 0.808 bits per heavy atom. The molecule has 1 heterocycles. The van der Waals surface area contributed by atoms with Crippen molar-refractivity contribution in [1.29, 1.82) is 0 Å². The van der Waals surface area contributed by atoms with Crippen molar-refractivity contribution >= 4 is 37.5 Å². The maximum Gasteiger partial charge on any atom is 0.336 e. The minimum atomic E-state index is -3.75. The summed E-state index contributed by atoms with van der Waals surface area (Å²) in [5.41, 5.74) is 0.453. The molecule has 3 aromatic carbocycles. The average molecular weight is 365 g/mol. The Hall–Kier alpha value is -3.12. The molecule has 0 aliphatic carbocycles. The fourth-order valence-corrected chi connectivity index (χ4v) is 4.10. The summed E-state index contributed by atoms with van der Waals surface area (Å²) in [6, 6.07) is 20.6. The van der Waals surface area contributed by atoms with Crippen molar-refractivity contribution < 1.29 is 12.8 Å². The van der Waals surface area contributed by atoms with Crippen molar-refractivity contribution in [2.75, 3.05) is 11.4 Å². The van der Waals surface area contributed by atoms with Crippen LogP contribution in [0, 0.1) is 0 Å². The molecule has 0 aliphatic heterocycles. The number of hydrogen-bond donors (Lipinski definition) is 0. The predicted molar refractivity (Wildman–Crippen MR) is 102 cm³/mol. The Morgan fingerprint density at radius 2 is 1.54 bits per heavy atom. The van der Waals surface area contributed by atoms with Crippen molar-refractivity contribution in [3.8, 4) is 0 Å². The van der Waals surface area contributed by atoms with Gasteiger partial charge in [0.15, 0.2) is 0 Å². The van der Waals surface area contributed by atoms with E-state index in [4.69, 9.17) is 4.42 Å². The molecule has 4 aromatic rings. The molecule has 130 valence electrons. The molecular formula is C20H15NO4S. The maximum atomic E-state index is 13.0. The van der Waals surface area contributed by atoms with Crippen LogP contribution in [0.1, 0.15) is 0 Å². The lowest BCUT2D eigenvalue weighted by Gasteiger charge is -2.20. The van der Waals surface area contributed by atoms with Gasteiger partial charge in [-0.05, 0) is 47.2 Å². The third-order valence-corrected chi connectivity index (χ3v) is 6.13. The van der Waals surface area contributed by atoms with Crippen LogP contribution in [0.25, 0.3) is 21.7 Å². The van der Waals surface area contributed by atoms with E-state index >= 15 is 0 Å². The molecule has 0 amide bonds. The highest BCUT2D eigenvalue weighted by atomic mass is 32.2. The van der Waals surface area contributed by atoms with Gasteiger partial charge in [0.25, 0.3) is 10.0 Å². The third-order valence-electron chi connectivity index (χ3n) is 4.35. The molecule has 6 heteroatoms. The molecule has 0 atom stereocenters. The first-order valence-electron chi connectivity index (χ1n) is 7.97. The van der Waals surface area contributed by atoms with Gasteiger partial charge in [0.1, 0.15) is 5.58 Å². The van der Waals surface area contributed by atoms with Gasteiger partial charge in [-0.3, -0.25) is 4.31 Å². The average Bonchev–Trinajstić information content (AvgIpc) is 2.66. The topological polar surface area (TPSA) is 67.6 Å². The Morgan fingerprint density at radius 3 is 2.35 bits per heavy atom. The van der Waals surface area contributed by atoms with Crippen molar-refractivity contribution in [2.24, 2.45) is 0 Å². The van der Waals surface area contributed by atoms with Crippen molar-refractivity contribution in [3.05, 3.63) is 83.2 Å². The summed E-state index contributed by atoms with van der Waals surface area (Å²) in [6.07, 6.45) is 0. The Bertz CT molecular complexity index is 1290. The van der Waals surface area contributed by atoms with Crippen LogP contribution in [-0.2, 0) is 10.0 Å². The fraction of sp³-hybridized carbons (Fsp3) is 0.0500. The van der Waals surface area contributed by atoms with E-state index in [1.54, 1.807) is 12.1 Å². The highest BCUT2D eigenvalue weighted by Gasteiger charge is 2.22. The molecule has 0 radical (unpaired) electrons. The summed E-state index contributed by atoms with van der Waals surface area (Å²) >= 11 is 0. The van der Waals surface area contributed by atoms with Crippen LogP contribution in [-0.4, -0.2) is 15.5 Å². The van der Waals surface area contributed by atoms with Crippen LogP contribution in [0.2, 0.25) is 0 Å². The molecule has 0 saturated heterocycles. The van der Waals surface area contributed by atoms with E-state index in [2.05, 4.69) is 0 Å². The lowest BCUT2D eigenvalue weighted by Crippen LogP contribution is -2.26. The highest BCUT2D eigenvalue weighted by molar-refractivity contribution is 7.92. The molecule has 0 fully saturated rings. The molecule has 4 rings (SSSR count). The molecule has 26 heavy (non-hydrogen) atoms. The third kappa shape index (κ3) is 2.74. The predicted octanol–water partition coefficient (Wildman–Crippen LogP) is 3.77. The highest BCUT2D eigenvalue weighted by Crippen LogP contribution is 2.27. The van der Waals surface area contributed by atoms with E-state index in [9.17, 15) is 13.2 Å². The van der Waals surface area contributed by atoms with Crippen LogP contribution >= 0.6 is 0 Å². The number of benzene rings is 3. The van der Waals surface area contributed by atoms with Crippen LogP contribution in [0.15, 0.2) is 86.9 Å². The number of fused-ring (bicyclic) bond motifs is 2. The van der Waals surface area contributed by atoms with Gasteiger partial charge in [-0.15, -0.1) is 0 Å². The van der Waals surface area contributed by atoms with Gasteiger partial charge >= 0.3 is 5.63 Å². The number of nitrogens with zero attached hydrogens (tertiary/aromatic N) is 1. The van der Waals surface area contributed by atoms with Crippen molar-refractivity contribution in [3.63, 3.8) is 0 Å². The molecular weight excluding hydrogens is 350 g/mol. The lowest BCUT2D eigenvalue weighted by atomic mass is 10.1. The smallest absolute Gasteiger partial charge is 0.336 e. The van der Waals surface area contributed by atoms with Crippen LogP contribution < -0.4 is 9.93 Å². The monoisotopic (exact) mass is 365 g/mol. The van der Waals surface area contributed by atoms with E-state index in [0.29, 0.717) is 16.7 Å².